The van der Waals surface area contributed by atoms with Crippen LogP contribution in [-0.4, -0.2) is 18.4 Å². The number of benzene rings is 2. The molecular formula is C19H14F6N2O2. The molecule has 1 fully saturated rings. The largest absolute Gasteiger partial charge is 0.416 e. The topological polar surface area (TPSA) is 63.4 Å². The van der Waals surface area contributed by atoms with Crippen molar-refractivity contribution in [3.05, 3.63) is 65.0 Å². The average Bonchev–Trinajstić information content (AvgIpc) is 2.65. The molecule has 0 aromatic heterocycles. The normalized spacial score (nSPS) is 20.1. The molecule has 0 radical (unpaired) electrons. The SMILES string of the molecule is NC(=O)C1C(=O)N(c2ccc(F)c(F)c2F)CCC1c1cccc(C(F)(F)F)c1. The van der Waals surface area contributed by atoms with Crippen molar-refractivity contribution in [3.8, 4) is 0 Å². The van der Waals surface area contributed by atoms with Gasteiger partial charge in [-0.1, -0.05) is 18.2 Å². The number of amides is 2. The molecule has 2 N–H and O–H groups in total. The van der Waals surface area contributed by atoms with Gasteiger partial charge in [-0.15, -0.1) is 0 Å². The van der Waals surface area contributed by atoms with Gasteiger partial charge in [-0.2, -0.15) is 13.2 Å². The highest BCUT2D eigenvalue weighted by Gasteiger charge is 2.43. The fourth-order valence-corrected chi connectivity index (χ4v) is 3.47. The third-order valence-electron chi connectivity index (χ3n) is 4.85. The second-order valence-corrected chi connectivity index (χ2v) is 6.58. The standard InChI is InChI=1S/C19H14F6N2O2/c20-12-4-5-13(16(22)15(12)21)27-7-6-11(14(17(26)28)18(27)29)9-2-1-3-10(8-9)19(23,24)25/h1-5,8,11,14H,6-7H2,(H2,26,28). The zero-order chi connectivity index (χ0) is 21.5. The van der Waals surface area contributed by atoms with Gasteiger partial charge >= 0.3 is 6.18 Å². The van der Waals surface area contributed by atoms with Crippen LogP contribution < -0.4 is 10.6 Å². The van der Waals surface area contributed by atoms with E-state index in [1.165, 1.54) is 6.07 Å². The van der Waals surface area contributed by atoms with Gasteiger partial charge in [0.15, 0.2) is 17.5 Å². The first-order chi connectivity index (χ1) is 13.5. The number of nitrogens with two attached hydrogens (primary N) is 1. The number of hydrogen-bond donors (Lipinski definition) is 1. The van der Waals surface area contributed by atoms with Crippen molar-refractivity contribution >= 4 is 17.5 Å². The number of carbonyl (C=O) groups excluding carboxylic acids is 2. The maximum Gasteiger partial charge on any atom is 0.416 e. The summed E-state index contributed by atoms with van der Waals surface area (Å²) in [4.78, 5) is 25.5. The van der Waals surface area contributed by atoms with Crippen LogP contribution in [0, 0.1) is 23.4 Å². The molecule has 4 nitrogen and oxygen atoms in total. The lowest BCUT2D eigenvalue weighted by molar-refractivity contribution is -0.137. The summed E-state index contributed by atoms with van der Waals surface area (Å²) in [6.45, 7) is -0.231. The van der Waals surface area contributed by atoms with Crippen LogP contribution in [-0.2, 0) is 15.8 Å². The smallest absolute Gasteiger partial charge is 0.369 e. The first kappa shape index (κ1) is 20.7. The number of piperidine rings is 1. The van der Waals surface area contributed by atoms with Crippen molar-refractivity contribution < 1.29 is 35.9 Å². The van der Waals surface area contributed by atoms with Crippen LogP contribution >= 0.6 is 0 Å². The highest BCUT2D eigenvalue weighted by molar-refractivity contribution is 6.08. The molecule has 3 rings (SSSR count). The van der Waals surface area contributed by atoms with Crippen molar-refractivity contribution in [1.82, 2.24) is 0 Å². The first-order valence-corrected chi connectivity index (χ1v) is 8.43. The van der Waals surface area contributed by atoms with E-state index in [2.05, 4.69) is 0 Å². The summed E-state index contributed by atoms with van der Waals surface area (Å²) >= 11 is 0. The van der Waals surface area contributed by atoms with Gasteiger partial charge in [0, 0.05) is 12.5 Å². The fourth-order valence-electron chi connectivity index (χ4n) is 3.47. The number of hydrogen-bond acceptors (Lipinski definition) is 2. The Morgan fingerprint density at radius 3 is 2.38 bits per heavy atom. The number of carbonyl (C=O) groups is 2. The molecule has 0 aliphatic carbocycles. The molecule has 0 saturated carbocycles. The van der Waals surface area contributed by atoms with Crippen molar-refractivity contribution in [2.24, 2.45) is 11.7 Å². The van der Waals surface area contributed by atoms with Gasteiger partial charge < -0.3 is 10.6 Å². The number of alkyl halides is 3. The number of rotatable bonds is 3. The summed E-state index contributed by atoms with van der Waals surface area (Å²) in [5.41, 5.74) is 3.84. The van der Waals surface area contributed by atoms with E-state index in [0.717, 1.165) is 29.2 Å². The molecule has 1 aliphatic rings. The van der Waals surface area contributed by atoms with E-state index in [-0.39, 0.29) is 18.5 Å². The Balaban J connectivity index is 1.99. The van der Waals surface area contributed by atoms with E-state index in [1.54, 1.807) is 0 Å². The lowest BCUT2D eigenvalue weighted by atomic mass is 9.79. The monoisotopic (exact) mass is 416 g/mol. The maximum absolute atomic E-state index is 14.1. The molecule has 2 aromatic carbocycles. The average molecular weight is 416 g/mol. The Bertz CT molecular complexity index is 976. The Hall–Kier alpha value is -3.04. The molecule has 0 bridgehead atoms. The quantitative estimate of drug-likeness (QED) is 0.471. The summed E-state index contributed by atoms with van der Waals surface area (Å²) in [5.74, 6) is -9.55. The predicted molar refractivity (Wildman–Crippen MR) is 90.2 cm³/mol. The lowest BCUT2D eigenvalue weighted by Crippen LogP contribution is -2.50. The third-order valence-corrected chi connectivity index (χ3v) is 4.85. The van der Waals surface area contributed by atoms with E-state index >= 15 is 0 Å². The molecule has 29 heavy (non-hydrogen) atoms. The molecule has 2 aromatic rings. The van der Waals surface area contributed by atoms with Crippen molar-refractivity contribution in [2.45, 2.75) is 18.5 Å². The van der Waals surface area contributed by atoms with Crippen LogP contribution in [0.3, 0.4) is 0 Å². The molecule has 1 heterocycles. The van der Waals surface area contributed by atoms with Crippen LogP contribution in [0.2, 0.25) is 0 Å². The van der Waals surface area contributed by atoms with E-state index in [1.807, 2.05) is 0 Å². The highest BCUT2D eigenvalue weighted by Crippen LogP contribution is 2.39. The van der Waals surface area contributed by atoms with Gasteiger partial charge in [-0.3, -0.25) is 9.59 Å². The second kappa shape index (κ2) is 7.41. The van der Waals surface area contributed by atoms with Crippen molar-refractivity contribution in [1.29, 1.82) is 0 Å². The van der Waals surface area contributed by atoms with Gasteiger partial charge in [0.05, 0.1) is 11.3 Å². The zero-order valence-corrected chi connectivity index (χ0v) is 14.6. The lowest BCUT2D eigenvalue weighted by Gasteiger charge is -2.37. The molecule has 0 spiro atoms. The Morgan fingerprint density at radius 2 is 1.76 bits per heavy atom. The number of nitrogens with zero attached hydrogens (tertiary/aromatic N) is 1. The fraction of sp³-hybridized carbons (Fsp3) is 0.263. The van der Waals surface area contributed by atoms with Gasteiger partial charge in [0.2, 0.25) is 11.8 Å². The van der Waals surface area contributed by atoms with Crippen LogP contribution in [0.15, 0.2) is 36.4 Å². The van der Waals surface area contributed by atoms with Gasteiger partial charge in [0.25, 0.3) is 0 Å². The molecule has 10 heteroatoms. The summed E-state index contributed by atoms with van der Waals surface area (Å²) in [6.07, 6.45) is -4.67. The Morgan fingerprint density at radius 1 is 1.07 bits per heavy atom. The summed E-state index contributed by atoms with van der Waals surface area (Å²) in [5, 5.41) is 0. The summed E-state index contributed by atoms with van der Waals surface area (Å²) < 4.78 is 79.8. The van der Waals surface area contributed by atoms with Gasteiger partial charge in [-0.05, 0) is 30.2 Å². The van der Waals surface area contributed by atoms with Gasteiger partial charge in [0.1, 0.15) is 5.92 Å². The number of primary amides is 1. The van der Waals surface area contributed by atoms with Crippen LogP contribution in [0.25, 0.3) is 0 Å². The van der Waals surface area contributed by atoms with E-state index in [4.69, 9.17) is 5.73 Å². The van der Waals surface area contributed by atoms with Crippen molar-refractivity contribution in [2.75, 3.05) is 11.4 Å². The molecule has 2 unspecified atom stereocenters. The summed E-state index contributed by atoms with van der Waals surface area (Å²) in [7, 11) is 0. The molecule has 1 saturated heterocycles. The minimum atomic E-state index is -4.63. The number of anilines is 1. The van der Waals surface area contributed by atoms with Crippen LogP contribution in [0.4, 0.5) is 32.0 Å². The molecule has 154 valence electrons. The molecular weight excluding hydrogens is 402 g/mol. The molecule has 1 aliphatic heterocycles. The highest BCUT2D eigenvalue weighted by atomic mass is 19.4. The maximum atomic E-state index is 14.1. The van der Waals surface area contributed by atoms with Crippen LogP contribution in [0.1, 0.15) is 23.5 Å². The third kappa shape index (κ3) is 3.79. The Labute approximate surface area is 160 Å². The number of halogens is 6. The second-order valence-electron chi connectivity index (χ2n) is 6.58. The molecule has 2 atom stereocenters. The first-order valence-electron chi connectivity index (χ1n) is 8.43. The summed E-state index contributed by atoms with van der Waals surface area (Å²) in [6, 6.07) is 5.60. The molecule has 2 amide bonds. The minimum absolute atomic E-state index is 0.0426. The predicted octanol–water partition coefficient (Wildman–Crippen LogP) is 3.74. The van der Waals surface area contributed by atoms with Crippen molar-refractivity contribution in [3.63, 3.8) is 0 Å². The van der Waals surface area contributed by atoms with Crippen LogP contribution in [0.5, 0.6) is 0 Å². The van der Waals surface area contributed by atoms with E-state index in [9.17, 15) is 35.9 Å². The zero-order valence-electron chi connectivity index (χ0n) is 14.6. The van der Waals surface area contributed by atoms with E-state index in [0.29, 0.717) is 6.07 Å². The van der Waals surface area contributed by atoms with E-state index < -0.39 is 58.5 Å². The Kier molecular flexibility index (Phi) is 5.29. The minimum Gasteiger partial charge on any atom is -0.369 e. The van der Waals surface area contributed by atoms with Gasteiger partial charge in [-0.25, -0.2) is 13.2 Å².